The second kappa shape index (κ2) is 10.1. The molecule has 2 aromatic rings. The molecule has 2 atom stereocenters. The second-order valence-corrected chi connectivity index (χ2v) is 9.56. The monoisotopic (exact) mass is 458 g/mol. The summed E-state index contributed by atoms with van der Waals surface area (Å²) in [5.74, 6) is 1.85. The van der Waals surface area contributed by atoms with E-state index >= 15 is 0 Å². The van der Waals surface area contributed by atoms with E-state index in [2.05, 4.69) is 43.8 Å². The molecular formula is C23H35ClN8. The molecule has 0 amide bonds. The Morgan fingerprint density at radius 2 is 1.62 bits per heavy atom. The lowest BCUT2D eigenvalue weighted by atomic mass is 10.1. The van der Waals surface area contributed by atoms with Crippen LogP contribution in [0.15, 0.2) is 30.6 Å². The van der Waals surface area contributed by atoms with Crippen LogP contribution in [0.1, 0.15) is 26.7 Å². The van der Waals surface area contributed by atoms with Gasteiger partial charge in [-0.2, -0.15) is 0 Å². The van der Waals surface area contributed by atoms with Crippen LogP contribution in [0.2, 0.25) is 5.02 Å². The molecular weight excluding hydrogens is 424 g/mol. The maximum Gasteiger partial charge on any atom is 0.147 e. The molecule has 5 N–H and O–H groups in total. The van der Waals surface area contributed by atoms with Crippen LogP contribution in [-0.4, -0.2) is 72.3 Å². The molecule has 1 saturated carbocycles. The van der Waals surface area contributed by atoms with Gasteiger partial charge in [0, 0.05) is 75.3 Å². The molecule has 32 heavy (non-hydrogen) atoms. The zero-order chi connectivity index (χ0) is 22.7. The van der Waals surface area contributed by atoms with Gasteiger partial charge in [0.25, 0.3) is 0 Å². The van der Waals surface area contributed by atoms with Crippen molar-refractivity contribution in [1.82, 2.24) is 20.2 Å². The fraction of sp³-hybridized carbons (Fsp3) is 0.565. The number of pyridine rings is 2. The molecule has 0 spiro atoms. The molecule has 174 valence electrons. The lowest BCUT2D eigenvalue weighted by Gasteiger charge is -2.37. The third-order valence-electron chi connectivity index (χ3n) is 6.17. The summed E-state index contributed by atoms with van der Waals surface area (Å²) in [4.78, 5) is 15.8. The summed E-state index contributed by atoms with van der Waals surface area (Å²) in [5, 5.41) is 4.10. The van der Waals surface area contributed by atoms with E-state index in [-0.39, 0.29) is 0 Å². The van der Waals surface area contributed by atoms with Gasteiger partial charge in [0.2, 0.25) is 0 Å². The van der Waals surface area contributed by atoms with Gasteiger partial charge >= 0.3 is 0 Å². The van der Waals surface area contributed by atoms with E-state index in [9.17, 15) is 0 Å². The molecule has 1 aliphatic carbocycles. The number of hydrogen-bond acceptors (Lipinski definition) is 8. The average molecular weight is 459 g/mol. The number of nitrogens with one attached hydrogen (secondary N) is 1. The molecule has 2 aromatic heterocycles. The molecule has 4 heterocycles. The Labute approximate surface area is 195 Å². The third-order valence-corrected chi connectivity index (χ3v) is 6.45. The Bertz CT molecular complexity index is 887. The lowest BCUT2D eigenvalue weighted by Crippen LogP contribution is -2.54. The van der Waals surface area contributed by atoms with E-state index in [4.69, 9.17) is 23.1 Å². The quantitative estimate of drug-likeness (QED) is 0.645. The van der Waals surface area contributed by atoms with Crippen molar-refractivity contribution in [2.45, 2.75) is 44.8 Å². The van der Waals surface area contributed by atoms with Crippen LogP contribution >= 0.6 is 11.6 Å². The van der Waals surface area contributed by atoms with Crippen LogP contribution < -0.4 is 26.6 Å². The number of anilines is 4. The highest BCUT2D eigenvalue weighted by Crippen LogP contribution is 2.28. The van der Waals surface area contributed by atoms with E-state index in [0.29, 0.717) is 22.8 Å². The molecule has 0 aromatic carbocycles. The minimum Gasteiger partial charge on any atom is -0.399 e. The second-order valence-electron chi connectivity index (χ2n) is 9.15. The van der Waals surface area contributed by atoms with Gasteiger partial charge in [-0.15, -0.1) is 0 Å². The van der Waals surface area contributed by atoms with Crippen molar-refractivity contribution in [3.8, 4) is 0 Å². The van der Waals surface area contributed by atoms with Gasteiger partial charge in [0.1, 0.15) is 11.6 Å². The predicted molar refractivity (Wildman–Crippen MR) is 133 cm³/mol. The van der Waals surface area contributed by atoms with Crippen molar-refractivity contribution in [3.05, 3.63) is 35.6 Å². The van der Waals surface area contributed by atoms with Crippen LogP contribution in [0.3, 0.4) is 0 Å². The van der Waals surface area contributed by atoms with Gasteiger partial charge in [0.15, 0.2) is 0 Å². The smallest absolute Gasteiger partial charge is 0.147 e. The van der Waals surface area contributed by atoms with Crippen LogP contribution in [0.5, 0.6) is 0 Å². The summed E-state index contributed by atoms with van der Waals surface area (Å²) in [6.45, 7) is 10.6. The van der Waals surface area contributed by atoms with Gasteiger partial charge in [0.05, 0.1) is 16.9 Å². The van der Waals surface area contributed by atoms with E-state index in [1.165, 1.54) is 25.9 Å². The van der Waals surface area contributed by atoms with Crippen molar-refractivity contribution < 1.29 is 0 Å². The molecule has 2 aliphatic heterocycles. The standard InChI is InChI=1S/C12H18N4.C11H17ClN4/c13-10-3-4-14-12(9-10)16-7-5-15(6-8-16)11-1-2-11;1-7-5-16(6-8(2)15-7)11-10(12)3-9(13)4-14-11/h3-4,9,11H,1-2,5-8H2,(H2,13,14);3-4,7-8,15H,5-6,13H2,1-2H3. The molecule has 3 aliphatic rings. The third kappa shape index (κ3) is 5.94. The fourth-order valence-electron chi connectivity index (χ4n) is 4.54. The van der Waals surface area contributed by atoms with E-state index in [1.54, 1.807) is 18.5 Å². The molecule has 0 bridgehead atoms. The minimum absolute atomic E-state index is 0.444. The maximum atomic E-state index is 6.15. The number of aromatic nitrogens is 2. The number of halogens is 1. The molecule has 0 radical (unpaired) electrons. The first kappa shape index (κ1) is 22.9. The highest BCUT2D eigenvalue weighted by atomic mass is 35.5. The van der Waals surface area contributed by atoms with Gasteiger partial charge in [-0.05, 0) is 38.8 Å². The normalized spacial score (nSPS) is 24.1. The minimum atomic E-state index is 0.444. The van der Waals surface area contributed by atoms with Gasteiger partial charge in [-0.1, -0.05) is 11.6 Å². The van der Waals surface area contributed by atoms with E-state index < -0.39 is 0 Å². The van der Waals surface area contributed by atoms with E-state index in [1.807, 2.05) is 12.1 Å². The van der Waals surface area contributed by atoms with Crippen molar-refractivity contribution in [3.63, 3.8) is 0 Å². The van der Waals surface area contributed by atoms with Gasteiger partial charge < -0.3 is 26.6 Å². The Hall–Kier alpha value is -2.29. The topological polar surface area (TPSA) is 99.6 Å². The summed E-state index contributed by atoms with van der Waals surface area (Å²) in [7, 11) is 0. The zero-order valence-electron chi connectivity index (χ0n) is 19.0. The molecule has 3 fully saturated rings. The maximum absolute atomic E-state index is 6.15. The predicted octanol–water partition coefficient (Wildman–Crippen LogP) is 2.45. The van der Waals surface area contributed by atoms with Gasteiger partial charge in [-0.25, -0.2) is 9.97 Å². The molecule has 9 heteroatoms. The Balaban J connectivity index is 0.000000153. The largest absolute Gasteiger partial charge is 0.399 e. The van der Waals surface area contributed by atoms with Gasteiger partial charge in [-0.3, -0.25) is 4.90 Å². The van der Waals surface area contributed by atoms with Crippen molar-refractivity contribution in [2.24, 2.45) is 0 Å². The molecule has 2 unspecified atom stereocenters. The number of piperazine rings is 2. The summed E-state index contributed by atoms with van der Waals surface area (Å²) < 4.78 is 0. The average Bonchev–Trinajstić information content (AvgIpc) is 3.59. The molecule has 2 saturated heterocycles. The Kier molecular flexibility index (Phi) is 7.23. The number of nitrogens with two attached hydrogens (primary N) is 2. The number of rotatable bonds is 3. The van der Waals surface area contributed by atoms with E-state index in [0.717, 1.165) is 49.5 Å². The number of nitrogen functional groups attached to an aromatic ring is 2. The first-order valence-corrected chi connectivity index (χ1v) is 11.9. The van der Waals surface area contributed by atoms with Crippen LogP contribution in [0.4, 0.5) is 23.0 Å². The van der Waals surface area contributed by atoms with Crippen LogP contribution in [0.25, 0.3) is 0 Å². The number of nitrogens with zero attached hydrogens (tertiary/aromatic N) is 5. The first-order valence-electron chi connectivity index (χ1n) is 11.5. The summed E-state index contributed by atoms with van der Waals surface area (Å²) >= 11 is 6.15. The summed E-state index contributed by atoms with van der Waals surface area (Å²) in [5.41, 5.74) is 12.8. The number of hydrogen-bond donors (Lipinski definition) is 3. The molecule has 5 rings (SSSR count). The lowest BCUT2D eigenvalue weighted by molar-refractivity contribution is 0.247. The zero-order valence-corrected chi connectivity index (χ0v) is 19.8. The summed E-state index contributed by atoms with van der Waals surface area (Å²) in [6, 6.07) is 7.33. The highest BCUT2D eigenvalue weighted by molar-refractivity contribution is 6.33. The SMILES string of the molecule is CC1CN(c2ncc(N)cc2Cl)CC(C)N1.Nc1ccnc(N2CCN(C3CC3)CC2)c1. The van der Waals surface area contributed by atoms with Crippen LogP contribution in [0, 0.1) is 0 Å². The Morgan fingerprint density at radius 1 is 0.938 bits per heavy atom. The highest BCUT2D eigenvalue weighted by Gasteiger charge is 2.31. The van der Waals surface area contributed by atoms with Crippen molar-refractivity contribution in [1.29, 1.82) is 0 Å². The Morgan fingerprint density at radius 3 is 2.22 bits per heavy atom. The summed E-state index contributed by atoms with van der Waals surface area (Å²) in [6.07, 6.45) is 6.24. The fourth-order valence-corrected chi connectivity index (χ4v) is 4.84. The van der Waals surface area contributed by atoms with Crippen LogP contribution in [-0.2, 0) is 0 Å². The van der Waals surface area contributed by atoms with Crippen molar-refractivity contribution in [2.75, 3.05) is 60.5 Å². The molecule has 8 nitrogen and oxygen atoms in total. The first-order chi connectivity index (χ1) is 15.4. The van der Waals surface area contributed by atoms with Crippen molar-refractivity contribution >= 4 is 34.6 Å².